The molecule has 37 heavy (non-hydrogen) atoms. The largest absolute Gasteiger partial charge is 0.478 e. The lowest BCUT2D eigenvalue weighted by Crippen LogP contribution is -2.43. The van der Waals surface area contributed by atoms with Crippen molar-refractivity contribution in [2.24, 2.45) is 11.8 Å². The Morgan fingerprint density at radius 2 is 1.76 bits per heavy atom. The normalized spacial score (nSPS) is 28.1. The minimum Gasteiger partial charge on any atom is -0.478 e. The van der Waals surface area contributed by atoms with E-state index in [0.29, 0.717) is 47.0 Å². The quantitative estimate of drug-likeness (QED) is 0.389. The van der Waals surface area contributed by atoms with Gasteiger partial charge in [0.05, 0.1) is 52.0 Å². The number of nitriles is 1. The first-order chi connectivity index (χ1) is 17.9. The molecular formula is C29H26ClN3O4. The molecule has 3 aliphatic rings. The molecule has 6 rings (SSSR count). The first-order valence-corrected chi connectivity index (χ1v) is 13.0. The first-order valence-electron chi connectivity index (χ1n) is 12.7. The maximum Gasteiger partial charge on any atom is 0.240 e. The fourth-order valence-electron chi connectivity index (χ4n) is 6.77. The smallest absolute Gasteiger partial charge is 0.240 e. The SMILES string of the molecule is CCC[C@@]12CC[C@@](CCOc3ccc(Cl)cn3)(O1)[C@H]1C(=O)N(c3ccc(C#N)c4ccccc34)C(=O)[C@H]12. The summed E-state index contributed by atoms with van der Waals surface area (Å²) in [5.41, 5.74) is -0.381. The van der Waals surface area contributed by atoms with Gasteiger partial charge in [-0.1, -0.05) is 49.2 Å². The first kappa shape index (κ1) is 23.9. The molecule has 0 aliphatic carbocycles. The Hall–Kier alpha value is -3.47. The predicted octanol–water partition coefficient (Wildman–Crippen LogP) is 5.44. The number of ether oxygens (including phenoxy) is 2. The van der Waals surface area contributed by atoms with E-state index in [2.05, 4.69) is 18.0 Å². The zero-order chi connectivity index (χ0) is 25.8. The van der Waals surface area contributed by atoms with E-state index in [1.807, 2.05) is 24.3 Å². The fourth-order valence-corrected chi connectivity index (χ4v) is 6.88. The van der Waals surface area contributed by atoms with Crippen LogP contribution in [0.3, 0.4) is 0 Å². The highest BCUT2D eigenvalue weighted by Crippen LogP contribution is 2.64. The minimum atomic E-state index is -0.768. The molecule has 188 valence electrons. The van der Waals surface area contributed by atoms with Crippen LogP contribution in [-0.2, 0) is 14.3 Å². The van der Waals surface area contributed by atoms with Crippen molar-refractivity contribution in [1.82, 2.24) is 4.98 Å². The number of hydrogen-bond donors (Lipinski definition) is 0. The van der Waals surface area contributed by atoms with Gasteiger partial charge in [-0.25, -0.2) is 9.88 Å². The Balaban J connectivity index is 1.36. The molecule has 0 radical (unpaired) electrons. The summed E-state index contributed by atoms with van der Waals surface area (Å²) in [5.74, 6) is -1.09. The number of aromatic nitrogens is 1. The lowest BCUT2D eigenvalue weighted by molar-refractivity contribution is -0.132. The molecule has 3 aliphatic heterocycles. The number of amides is 2. The van der Waals surface area contributed by atoms with E-state index in [9.17, 15) is 14.9 Å². The summed E-state index contributed by atoms with van der Waals surface area (Å²) >= 11 is 5.92. The molecule has 2 amide bonds. The number of fused-ring (bicyclic) bond motifs is 6. The maximum absolute atomic E-state index is 14.1. The highest BCUT2D eigenvalue weighted by Gasteiger charge is 2.75. The lowest BCUT2D eigenvalue weighted by atomic mass is 9.65. The number of halogens is 1. The van der Waals surface area contributed by atoms with Crippen molar-refractivity contribution in [1.29, 1.82) is 5.26 Å². The Morgan fingerprint density at radius 1 is 1.05 bits per heavy atom. The Morgan fingerprint density at radius 3 is 2.41 bits per heavy atom. The van der Waals surface area contributed by atoms with Gasteiger partial charge in [0.2, 0.25) is 17.7 Å². The van der Waals surface area contributed by atoms with Crippen molar-refractivity contribution in [3.63, 3.8) is 0 Å². The highest BCUT2D eigenvalue weighted by molar-refractivity contribution is 6.30. The van der Waals surface area contributed by atoms with Crippen LogP contribution in [0.1, 0.15) is 44.6 Å². The van der Waals surface area contributed by atoms with Crippen molar-refractivity contribution in [3.05, 3.63) is 65.3 Å². The summed E-state index contributed by atoms with van der Waals surface area (Å²) in [4.78, 5) is 33.7. The molecular weight excluding hydrogens is 490 g/mol. The second-order valence-corrected chi connectivity index (χ2v) is 10.6. The molecule has 0 spiro atoms. The van der Waals surface area contributed by atoms with Gasteiger partial charge in [0.1, 0.15) is 0 Å². The number of rotatable bonds is 7. The van der Waals surface area contributed by atoms with E-state index >= 15 is 0 Å². The van der Waals surface area contributed by atoms with E-state index in [1.54, 1.807) is 24.3 Å². The summed E-state index contributed by atoms with van der Waals surface area (Å²) in [5, 5.41) is 11.5. The number of carbonyl (C=O) groups excluding carboxylic acids is 2. The van der Waals surface area contributed by atoms with Crippen LogP contribution < -0.4 is 9.64 Å². The van der Waals surface area contributed by atoms with Crippen molar-refractivity contribution in [2.45, 2.75) is 50.2 Å². The Labute approximate surface area is 219 Å². The highest BCUT2D eigenvalue weighted by atomic mass is 35.5. The third-order valence-electron chi connectivity index (χ3n) is 8.23. The van der Waals surface area contributed by atoms with Crippen LogP contribution in [0.4, 0.5) is 5.69 Å². The molecule has 0 unspecified atom stereocenters. The molecule has 4 atom stereocenters. The van der Waals surface area contributed by atoms with Crippen LogP contribution in [0.2, 0.25) is 5.02 Å². The van der Waals surface area contributed by atoms with Crippen LogP contribution in [0.5, 0.6) is 5.88 Å². The monoisotopic (exact) mass is 515 g/mol. The van der Waals surface area contributed by atoms with Crippen LogP contribution in [0.15, 0.2) is 54.7 Å². The molecule has 2 bridgehead atoms. The predicted molar refractivity (Wildman–Crippen MR) is 138 cm³/mol. The van der Waals surface area contributed by atoms with Crippen molar-refractivity contribution in [3.8, 4) is 11.9 Å². The summed E-state index contributed by atoms with van der Waals surface area (Å²) in [6, 6.07) is 16.4. The number of carbonyl (C=O) groups is 2. The summed E-state index contributed by atoms with van der Waals surface area (Å²) in [7, 11) is 0. The van der Waals surface area contributed by atoms with Gasteiger partial charge < -0.3 is 9.47 Å². The van der Waals surface area contributed by atoms with E-state index in [-0.39, 0.29) is 11.8 Å². The van der Waals surface area contributed by atoms with Crippen molar-refractivity contribution >= 4 is 39.9 Å². The standard InChI is InChI=1S/C29H26ClN3O4/c1-2-11-28-12-13-29(37-28,14-15-36-23-10-8-19(30)17-32-23)25-24(28)26(34)33(27(25)35)22-9-7-18(16-31)20-5-3-4-6-21(20)22/h3-10,17,24-25H,2,11-15H2,1H3/t24-,25+,28-,29-/m0/s1. The van der Waals surface area contributed by atoms with Crippen LogP contribution >= 0.6 is 11.6 Å². The number of pyridine rings is 1. The van der Waals surface area contributed by atoms with Gasteiger partial charge in [0.15, 0.2) is 0 Å². The van der Waals surface area contributed by atoms with Crippen LogP contribution in [-0.4, -0.2) is 34.6 Å². The molecule has 2 aromatic carbocycles. The molecule has 7 nitrogen and oxygen atoms in total. The van der Waals surface area contributed by atoms with Gasteiger partial charge in [-0.2, -0.15) is 5.26 Å². The average Bonchev–Trinajstić information content (AvgIpc) is 3.51. The van der Waals surface area contributed by atoms with Crippen molar-refractivity contribution < 1.29 is 19.1 Å². The summed E-state index contributed by atoms with van der Waals surface area (Å²) in [6.07, 6.45) is 5.01. The second kappa shape index (κ2) is 8.83. The molecule has 3 fully saturated rings. The number of imide groups is 1. The summed E-state index contributed by atoms with van der Waals surface area (Å²) < 4.78 is 12.6. The molecule has 8 heteroatoms. The van der Waals surface area contributed by atoms with Gasteiger partial charge in [0.25, 0.3) is 0 Å². The maximum atomic E-state index is 14.1. The number of nitrogens with zero attached hydrogens (tertiary/aromatic N) is 3. The van der Waals surface area contributed by atoms with E-state index < -0.39 is 23.0 Å². The van der Waals surface area contributed by atoms with Gasteiger partial charge in [-0.3, -0.25) is 9.59 Å². The van der Waals surface area contributed by atoms with Crippen LogP contribution in [0, 0.1) is 23.2 Å². The van der Waals surface area contributed by atoms with Gasteiger partial charge in [-0.05, 0) is 37.5 Å². The topological polar surface area (TPSA) is 92.5 Å². The molecule has 4 heterocycles. The molecule has 0 N–H and O–H groups in total. The fraction of sp³-hybridized carbons (Fsp3) is 0.379. The van der Waals surface area contributed by atoms with E-state index in [0.717, 1.165) is 24.6 Å². The molecule has 3 aromatic rings. The third kappa shape index (κ3) is 3.54. The minimum absolute atomic E-state index is 0.208. The van der Waals surface area contributed by atoms with Gasteiger partial charge >= 0.3 is 0 Å². The average molecular weight is 516 g/mol. The van der Waals surface area contributed by atoms with Crippen molar-refractivity contribution in [2.75, 3.05) is 11.5 Å². The van der Waals surface area contributed by atoms with Crippen LogP contribution in [0.25, 0.3) is 10.8 Å². The molecule has 0 saturated carbocycles. The summed E-state index contributed by atoms with van der Waals surface area (Å²) in [6.45, 7) is 2.38. The second-order valence-electron chi connectivity index (χ2n) is 10.2. The molecule has 1 aromatic heterocycles. The third-order valence-corrected chi connectivity index (χ3v) is 8.45. The van der Waals surface area contributed by atoms with Gasteiger partial charge in [0, 0.05) is 29.5 Å². The Kier molecular flexibility index (Phi) is 5.70. The van der Waals surface area contributed by atoms with E-state index in [4.69, 9.17) is 21.1 Å². The number of anilines is 1. The Bertz CT molecular complexity index is 1450. The molecule has 3 saturated heterocycles. The zero-order valence-corrected chi connectivity index (χ0v) is 21.2. The number of hydrogen-bond acceptors (Lipinski definition) is 6. The van der Waals surface area contributed by atoms with Gasteiger partial charge in [-0.15, -0.1) is 0 Å². The zero-order valence-electron chi connectivity index (χ0n) is 20.4. The lowest BCUT2D eigenvalue weighted by Gasteiger charge is -2.31. The number of benzene rings is 2. The van der Waals surface area contributed by atoms with E-state index in [1.165, 1.54) is 11.1 Å².